The molecule has 5 rings (SSSR count). The van der Waals surface area contributed by atoms with Crippen molar-refractivity contribution in [1.29, 1.82) is 0 Å². The molecule has 1 fully saturated rings. The zero-order chi connectivity index (χ0) is 24.4. The van der Waals surface area contributed by atoms with Gasteiger partial charge in [-0.3, -0.25) is 9.10 Å². The van der Waals surface area contributed by atoms with Gasteiger partial charge in [0, 0.05) is 29.5 Å². The fourth-order valence-corrected chi connectivity index (χ4v) is 6.03. The van der Waals surface area contributed by atoms with Crippen LogP contribution < -0.4 is 19.3 Å². The number of rotatable bonds is 5. The van der Waals surface area contributed by atoms with Crippen molar-refractivity contribution in [2.45, 2.75) is 30.3 Å². The number of hydrogen-bond acceptors (Lipinski definition) is 5. The average molecular weight is 512 g/mol. The molecule has 0 bridgehead atoms. The smallest absolute Gasteiger partial charge is 0.267 e. The van der Waals surface area contributed by atoms with Gasteiger partial charge in [0.1, 0.15) is 5.75 Å². The van der Waals surface area contributed by atoms with E-state index in [1.165, 1.54) is 47.8 Å². The number of nitrogens with one attached hydrogen (secondary N) is 1. The van der Waals surface area contributed by atoms with Crippen LogP contribution in [0, 0.1) is 0 Å². The predicted octanol–water partition coefficient (Wildman–Crippen LogP) is 4.93. The normalized spacial score (nSPS) is 17.9. The summed E-state index contributed by atoms with van der Waals surface area (Å²) in [5, 5.41) is 3.31. The van der Waals surface area contributed by atoms with Crippen LogP contribution in [-0.4, -0.2) is 40.1 Å². The first-order valence-corrected chi connectivity index (χ1v) is 13.4. The van der Waals surface area contributed by atoms with E-state index in [1.54, 1.807) is 24.3 Å². The third kappa shape index (κ3) is 4.94. The molecule has 1 atom stereocenters. The molecule has 182 valence electrons. The minimum atomic E-state index is -3.94. The van der Waals surface area contributed by atoms with Crippen molar-refractivity contribution in [3.63, 3.8) is 0 Å². The molecular weight excluding hydrogens is 486 g/mol. The van der Waals surface area contributed by atoms with Gasteiger partial charge in [0.25, 0.3) is 15.9 Å². The van der Waals surface area contributed by atoms with E-state index in [1.807, 2.05) is 24.3 Å². The van der Waals surface area contributed by atoms with Crippen molar-refractivity contribution >= 4 is 44.6 Å². The standard InChI is InChI=1S/C26H26ClN3O4S/c27-19-8-14-22(15-9-19)35(32,33)30-18-25(34-24-7-3-2-6-23(24)30)26(31)28-20-10-12-21(13-11-20)29-16-4-1-5-17-29/h2-3,6-15,25H,1,4-5,16-18H2,(H,28,31). The van der Waals surface area contributed by atoms with Crippen LogP contribution in [0.5, 0.6) is 5.75 Å². The number of benzene rings is 3. The van der Waals surface area contributed by atoms with E-state index in [0.29, 0.717) is 22.1 Å². The third-order valence-corrected chi connectivity index (χ3v) is 8.33. The molecular formula is C26H26ClN3O4S. The predicted molar refractivity (Wildman–Crippen MR) is 138 cm³/mol. The monoisotopic (exact) mass is 511 g/mol. The van der Waals surface area contributed by atoms with Gasteiger partial charge in [-0.1, -0.05) is 23.7 Å². The Bertz CT molecular complexity index is 1310. The highest BCUT2D eigenvalue weighted by molar-refractivity contribution is 7.92. The fraction of sp³-hybridized carbons (Fsp3) is 0.269. The number of nitrogens with zero attached hydrogens (tertiary/aromatic N) is 2. The Kier molecular flexibility index (Phi) is 6.58. The number of carbonyl (C=O) groups excluding carboxylic acids is 1. The van der Waals surface area contributed by atoms with E-state index in [9.17, 15) is 13.2 Å². The lowest BCUT2D eigenvalue weighted by Crippen LogP contribution is -2.48. The first kappa shape index (κ1) is 23.5. The summed E-state index contributed by atoms with van der Waals surface area (Å²) in [7, 11) is -3.94. The van der Waals surface area contributed by atoms with E-state index >= 15 is 0 Å². The van der Waals surface area contributed by atoms with Crippen LogP contribution in [0.4, 0.5) is 17.1 Å². The molecule has 2 heterocycles. The highest BCUT2D eigenvalue weighted by Crippen LogP contribution is 2.37. The Morgan fingerprint density at radius 2 is 1.60 bits per heavy atom. The SMILES string of the molecule is O=C(Nc1ccc(N2CCCCC2)cc1)C1CN(S(=O)(=O)c2ccc(Cl)cc2)c2ccccc2O1. The molecule has 9 heteroatoms. The summed E-state index contributed by atoms with van der Waals surface area (Å²) in [5.41, 5.74) is 2.15. The Hall–Kier alpha value is -3.23. The second kappa shape index (κ2) is 9.79. The van der Waals surface area contributed by atoms with Crippen molar-refractivity contribution in [3.8, 4) is 5.75 Å². The highest BCUT2D eigenvalue weighted by Gasteiger charge is 2.37. The van der Waals surface area contributed by atoms with Crippen LogP contribution >= 0.6 is 11.6 Å². The number of halogens is 1. The number of para-hydroxylation sites is 2. The number of amides is 1. The quantitative estimate of drug-likeness (QED) is 0.525. The van der Waals surface area contributed by atoms with E-state index in [4.69, 9.17) is 16.3 Å². The zero-order valence-electron chi connectivity index (χ0n) is 19.1. The molecule has 1 amide bonds. The van der Waals surface area contributed by atoms with Gasteiger partial charge < -0.3 is 15.0 Å². The van der Waals surface area contributed by atoms with Gasteiger partial charge in [-0.2, -0.15) is 0 Å². The minimum Gasteiger partial charge on any atom is -0.476 e. The summed E-state index contributed by atoms with van der Waals surface area (Å²) in [4.78, 5) is 15.6. The van der Waals surface area contributed by atoms with Crippen LogP contribution in [0.2, 0.25) is 5.02 Å². The topological polar surface area (TPSA) is 79.0 Å². The number of anilines is 3. The number of sulfonamides is 1. The highest BCUT2D eigenvalue weighted by atomic mass is 35.5. The molecule has 7 nitrogen and oxygen atoms in total. The minimum absolute atomic E-state index is 0.0889. The lowest BCUT2D eigenvalue weighted by atomic mass is 10.1. The summed E-state index contributed by atoms with van der Waals surface area (Å²) in [5.74, 6) is -0.0848. The van der Waals surface area contributed by atoms with Crippen LogP contribution in [0.15, 0.2) is 77.7 Å². The molecule has 3 aromatic rings. The largest absolute Gasteiger partial charge is 0.476 e. The molecule has 0 radical (unpaired) electrons. The molecule has 3 aromatic carbocycles. The fourth-order valence-electron chi connectivity index (χ4n) is 4.43. The lowest BCUT2D eigenvalue weighted by Gasteiger charge is -2.34. The summed E-state index contributed by atoms with van der Waals surface area (Å²) in [6.45, 7) is 1.93. The summed E-state index contributed by atoms with van der Waals surface area (Å²) in [6.07, 6.45) is 2.62. The van der Waals surface area contributed by atoms with Crippen molar-refractivity contribution in [1.82, 2.24) is 0 Å². The molecule has 2 aliphatic rings. The summed E-state index contributed by atoms with van der Waals surface area (Å²) < 4.78 is 34.1. The Morgan fingerprint density at radius 3 is 2.31 bits per heavy atom. The summed E-state index contributed by atoms with van der Waals surface area (Å²) in [6, 6.07) is 20.5. The second-order valence-corrected chi connectivity index (χ2v) is 10.9. The summed E-state index contributed by atoms with van der Waals surface area (Å²) >= 11 is 5.94. The number of ether oxygens (including phenoxy) is 1. The van der Waals surface area contributed by atoms with Gasteiger partial charge in [0.2, 0.25) is 0 Å². The maximum atomic E-state index is 13.5. The van der Waals surface area contributed by atoms with Crippen LogP contribution in [0.1, 0.15) is 19.3 Å². The van der Waals surface area contributed by atoms with Crippen molar-refractivity contribution in [2.75, 3.05) is 34.2 Å². The number of fused-ring (bicyclic) bond motifs is 1. The van der Waals surface area contributed by atoms with Gasteiger partial charge >= 0.3 is 0 Å². The van der Waals surface area contributed by atoms with Gasteiger partial charge in [-0.05, 0) is 79.9 Å². The number of hydrogen-bond donors (Lipinski definition) is 1. The van der Waals surface area contributed by atoms with Gasteiger partial charge in [0.15, 0.2) is 6.10 Å². The molecule has 1 N–H and O–H groups in total. The van der Waals surface area contributed by atoms with Crippen LogP contribution in [-0.2, 0) is 14.8 Å². The maximum Gasteiger partial charge on any atom is 0.267 e. The van der Waals surface area contributed by atoms with Crippen LogP contribution in [0.3, 0.4) is 0 Å². The zero-order valence-corrected chi connectivity index (χ0v) is 20.6. The number of carbonyl (C=O) groups is 1. The van der Waals surface area contributed by atoms with E-state index in [2.05, 4.69) is 10.2 Å². The molecule has 0 aliphatic carbocycles. The van der Waals surface area contributed by atoms with Gasteiger partial charge in [-0.25, -0.2) is 8.42 Å². The Labute approximate surface area is 210 Å². The molecule has 1 unspecified atom stereocenters. The van der Waals surface area contributed by atoms with Gasteiger partial charge in [0.05, 0.1) is 17.1 Å². The van der Waals surface area contributed by atoms with Crippen molar-refractivity contribution in [2.24, 2.45) is 0 Å². The molecule has 1 saturated heterocycles. The number of piperidine rings is 1. The lowest BCUT2D eigenvalue weighted by molar-refractivity contribution is -0.122. The second-order valence-electron chi connectivity index (χ2n) is 8.65. The van der Waals surface area contributed by atoms with Gasteiger partial charge in [-0.15, -0.1) is 0 Å². The molecule has 35 heavy (non-hydrogen) atoms. The van der Waals surface area contributed by atoms with Crippen LogP contribution in [0.25, 0.3) is 0 Å². The molecule has 2 aliphatic heterocycles. The maximum absolute atomic E-state index is 13.5. The molecule has 0 aromatic heterocycles. The Morgan fingerprint density at radius 1 is 0.914 bits per heavy atom. The van der Waals surface area contributed by atoms with Crippen molar-refractivity contribution < 1.29 is 17.9 Å². The van der Waals surface area contributed by atoms with Crippen molar-refractivity contribution in [3.05, 3.63) is 77.8 Å². The Balaban J connectivity index is 1.36. The van der Waals surface area contributed by atoms with E-state index < -0.39 is 22.0 Å². The first-order valence-electron chi connectivity index (χ1n) is 11.6. The first-order chi connectivity index (χ1) is 16.9. The van der Waals surface area contributed by atoms with E-state index in [0.717, 1.165) is 18.8 Å². The third-order valence-electron chi connectivity index (χ3n) is 6.28. The molecule has 0 spiro atoms. The molecule has 0 saturated carbocycles. The van der Waals surface area contributed by atoms with E-state index in [-0.39, 0.29) is 11.4 Å². The average Bonchev–Trinajstić information content (AvgIpc) is 2.89.